The Bertz CT molecular complexity index is 4050. The molecule has 0 saturated carbocycles. The molecule has 11 nitrogen and oxygen atoms in total. The van der Waals surface area contributed by atoms with Gasteiger partial charge in [0.05, 0.1) is 10.5 Å². The number of benzene rings is 8. The summed E-state index contributed by atoms with van der Waals surface area (Å²) in [4.78, 5) is 32.8. The molecule has 0 spiro atoms. The molecule has 0 fully saturated rings. The van der Waals surface area contributed by atoms with Crippen LogP contribution in [-0.4, -0.2) is 41.9 Å². The number of rotatable bonds is 15. The predicted octanol–water partition coefficient (Wildman–Crippen LogP) is 15.3. The van der Waals surface area contributed by atoms with Gasteiger partial charge in [-0.1, -0.05) is 96.6 Å². The molecule has 8 aromatic carbocycles. The normalized spacial score (nSPS) is 11.7. The Morgan fingerprint density at radius 1 is 0.525 bits per heavy atom. The van der Waals surface area contributed by atoms with E-state index >= 15 is 26.3 Å². The quantitative estimate of drug-likeness (QED) is 0.0587. The summed E-state index contributed by atoms with van der Waals surface area (Å²) < 4.78 is 143. The molecule has 0 amide bonds. The van der Waals surface area contributed by atoms with Crippen LogP contribution in [0.5, 0.6) is 34.6 Å². The Hall–Kier alpha value is -9.88. The van der Waals surface area contributed by atoms with E-state index in [1.807, 2.05) is 6.07 Å². The number of halogens is 6. The minimum absolute atomic E-state index is 0.00330. The fraction of sp³-hybridized carbons (Fsp3) is 0.0806. The van der Waals surface area contributed by atoms with Gasteiger partial charge in [-0.2, -0.15) is 45.3 Å². The van der Waals surface area contributed by atoms with Gasteiger partial charge in [0.1, 0.15) is 46.4 Å². The summed E-state index contributed by atoms with van der Waals surface area (Å²) in [5.74, 6) is -1.07. The Morgan fingerprint density at radius 2 is 1.06 bits per heavy atom. The lowest BCUT2D eigenvalue weighted by molar-refractivity contribution is -0.288. The van der Waals surface area contributed by atoms with Gasteiger partial charge in [0.2, 0.25) is 11.3 Å². The van der Waals surface area contributed by atoms with Crippen molar-refractivity contribution in [3.8, 4) is 69.0 Å². The number of pyridine rings is 1. The number of carbonyl (C=O) groups excluding carboxylic acids is 2. The van der Waals surface area contributed by atoms with Crippen molar-refractivity contribution in [3.05, 3.63) is 250 Å². The first-order valence-corrected chi connectivity index (χ1v) is 25.4. The first kappa shape index (κ1) is 54.9. The van der Waals surface area contributed by atoms with Gasteiger partial charge in [-0.15, -0.1) is 0 Å². The highest BCUT2D eigenvalue weighted by molar-refractivity contribution is 7.85. The Balaban J connectivity index is 1.10. The van der Waals surface area contributed by atoms with Gasteiger partial charge in [0, 0.05) is 40.1 Å². The van der Waals surface area contributed by atoms with Gasteiger partial charge in [-0.05, 0) is 138 Å². The molecule has 80 heavy (non-hydrogen) atoms. The smallest absolute Gasteiger partial charge is 0.411 e. The zero-order valence-electron chi connectivity index (χ0n) is 41.8. The first-order valence-electron chi connectivity index (χ1n) is 24.0. The number of carbonyl (C=O) groups is 2. The van der Waals surface area contributed by atoms with Crippen LogP contribution in [0.3, 0.4) is 0 Å². The molecule has 0 bridgehead atoms. The molecule has 9 rings (SSSR count). The highest BCUT2D eigenvalue weighted by Gasteiger charge is 2.72. The van der Waals surface area contributed by atoms with Crippen molar-refractivity contribution in [3.63, 3.8) is 0 Å². The first-order chi connectivity index (χ1) is 38.1. The van der Waals surface area contributed by atoms with Gasteiger partial charge in [-0.25, -0.2) is 4.98 Å². The molecule has 0 aliphatic carbocycles. The Kier molecular flexibility index (Phi) is 15.0. The molecule has 0 aliphatic rings. The van der Waals surface area contributed by atoms with E-state index in [1.54, 1.807) is 80.6 Å². The molecule has 0 atom stereocenters. The van der Waals surface area contributed by atoms with E-state index in [-0.39, 0.29) is 73.4 Å². The molecule has 0 saturated heterocycles. The maximum atomic E-state index is 15.3. The third kappa shape index (κ3) is 10.9. The molecule has 9 aromatic rings. The highest BCUT2D eigenvalue weighted by atomic mass is 32.2. The second-order valence-electron chi connectivity index (χ2n) is 18.1. The minimum atomic E-state index is -5.95. The van der Waals surface area contributed by atoms with Crippen LogP contribution in [0.4, 0.5) is 26.3 Å². The number of hydrogen-bond acceptors (Lipinski definition) is 10. The van der Waals surface area contributed by atoms with Gasteiger partial charge in [0.25, 0.3) is 10.1 Å². The summed E-state index contributed by atoms with van der Waals surface area (Å²) >= 11 is 0. The third-order valence-corrected chi connectivity index (χ3v) is 13.9. The molecule has 1 aromatic heterocycles. The van der Waals surface area contributed by atoms with Gasteiger partial charge in [0.15, 0.2) is 11.6 Å². The van der Waals surface area contributed by atoms with Gasteiger partial charge >= 0.3 is 12.4 Å². The van der Waals surface area contributed by atoms with E-state index < -0.39 is 55.5 Å². The van der Waals surface area contributed by atoms with Crippen LogP contribution >= 0.6 is 0 Å². The molecular weight excluding hydrogens is 1060 g/mol. The standard InChI is InChI=1S/C62H39F6N3O8S/c1-37-15-29-48(51(32-37)59(73)41-9-6-10-47(33-41)80(74,75)76)40-18-30-50(52(34-40)58(72)39-16-23-46(24-17-39)79-57-14-3-4-31-71-57)49-11-7-13-56(54(49)36-70)78-45-27-21-43(22-28-45)60(61(63,64)65,62(66,67)68)42-19-25-44(26-20-42)77-55-12-5-8-38(2)53(55)35-69/h3-34H,1-2H3,(H,74,75,76). The summed E-state index contributed by atoms with van der Waals surface area (Å²) in [7, 11) is -4.68. The van der Waals surface area contributed by atoms with Crippen molar-refractivity contribution in [1.82, 2.24) is 4.98 Å². The van der Waals surface area contributed by atoms with E-state index in [0.717, 1.165) is 36.4 Å². The molecular formula is C62H39F6N3O8S. The Morgan fingerprint density at radius 3 is 1.64 bits per heavy atom. The summed E-state index contributed by atoms with van der Waals surface area (Å²) in [5.41, 5.74) is -4.65. The van der Waals surface area contributed by atoms with Crippen LogP contribution in [0.2, 0.25) is 0 Å². The second-order valence-corrected chi connectivity index (χ2v) is 19.5. The molecule has 1 heterocycles. The van der Waals surface area contributed by atoms with Crippen molar-refractivity contribution in [2.75, 3.05) is 0 Å². The largest absolute Gasteiger partial charge is 0.456 e. The maximum Gasteiger partial charge on any atom is 0.411 e. The van der Waals surface area contributed by atoms with E-state index in [9.17, 15) is 33.1 Å². The summed E-state index contributed by atoms with van der Waals surface area (Å²) in [5, 5.41) is 20.4. The van der Waals surface area contributed by atoms with E-state index in [2.05, 4.69) is 11.1 Å². The number of hydrogen-bond donors (Lipinski definition) is 1. The van der Waals surface area contributed by atoms with Crippen molar-refractivity contribution in [2.24, 2.45) is 0 Å². The molecule has 18 heteroatoms. The molecule has 0 unspecified atom stereocenters. The van der Waals surface area contributed by atoms with Crippen molar-refractivity contribution >= 4 is 21.7 Å². The number of aromatic nitrogens is 1. The molecule has 0 aliphatic heterocycles. The van der Waals surface area contributed by atoms with Crippen molar-refractivity contribution in [2.45, 2.75) is 36.5 Å². The summed E-state index contributed by atoms with van der Waals surface area (Å²) in [6, 6.07) is 44.8. The van der Waals surface area contributed by atoms with E-state index in [0.29, 0.717) is 52.3 Å². The molecule has 398 valence electrons. The van der Waals surface area contributed by atoms with E-state index in [4.69, 9.17) is 14.2 Å². The Labute approximate surface area is 453 Å². The lowest BCUT2D eigenvalue weighted by Gasteiger charge is -2.38. The zero-order valence-corrected chi connectivity index (χ0v) is 42.6. The van der Waals surface area contributed by atoms with Crippen LogP contribution in [0.1, 0.15) is 65.2 Å². The van der Waals surface area contributed by atoms with Gasteiger partial charge in [-0.3, -0.25) is 14.1 Å². The van der Waals surface area contributed by atoms with Crippen LogP contribution < -0.4 is 14.2 Å². The van der Waals surface area contributed by atoms with Crippen molar-refractivity contribution < 1.29 is 63.1 Å². The minimum Gasteiger partial charge on any atom is -0.456 e. The van der Waals surface area contributed by atoms with Crippen LogP contribution in [0.15, 0.2) is 199 Å². The number of ether oxygens (including phenoxy) is 3. The third-order valence-electron chi connectivity index (χ3n) is 13.0. The molecule has 0 radical (unpaired) electrons. The number of nitriles is 2. The average Bonchev–Trinajstić information content (AvgIpc) is 3.46. The number of nitrogens with zero attached hydrogens (tertiary/aromatic N) is 3. The van der Waals surface area contributed by atoms with Crippen LogP contribution in [-0.2, 0) is 15.5 Å². The molecule has 1 N–H and O–H groups in total. The van der Waals surface area contributed by atoms with Crippen molar-refractivity contribution in [1.29, 1.82) is 10.5 Å². The van der Waals surface area contributed by atoms with Crippen LogP contribution in [0, 0.1) is 36.5 Å². The SMILES string of the molecule is Cc1ccc(-c2ccc(-c3cccc(Oc4ccc(C(c5ccc(Oc6cccc(C)c6C#N)cc5)(C(F)(F)F)C(F)(F)F)cc4)c3C#N)c(C(=O)c3ccc(Oc4ccccn4)cc3)c2)c(C(=O)c2cccc(S(=O)(=O)O)c2)c1. The van der Waals surface area contributed by atoms with E-state index in [1.165, 1.54) is 66.9 Å². The topological polar surface area (TPSA) is 177 Å². The zero-order chi connectivity index (χ0) is 57.1. The lowest BCUT2D eigenvalue weighted by atomic mass is 9.73. The fourth-order valence-corrected chi connectivity index (χ4v) is 9.68. The monoisotopic (exact) mass is 1100 g/mol. The fourth-order valence-electron chi connectivity index (χ4n) is 9.15. The summed E-state index contributed by atoms with van der Waals surface area (Å²) in [6.07, 6.45) is -10.4. The summed E-state index contributed by atoms with van der Waals surface area (Å²) in [6.45, 7) is 3.37. The van der Waals surface area contributed by atoms with Crippen LogP contribution in [0.25, 0.3) is 22.3 Å². The lowest BCUT2D eigenvalue weighted by Crippen LogP contribution is -2.54. The highest BCUT2D eigenvalue weighted by Crippen LogP contribution is 2.57. The predicted molar refractivity (Wildman–Crippen MR) is 282 cm³/mol. The maximum absolute atomic E-state index is 15.3. The second kappa shape index (κ2) is 21.9. The number of aryl methyl sites for hydroxylation is 2. The number of ketones is 2. The number of alkyl halides is 6. The average molecular weight is 1100 g/mol. The van der Waals surface area contributed by atoms with Gasteiger partial charge < -0.3 is 14.2 Å².